The maximum Gasteiger partial charge on any atom is 0.501 e. The minimum Gasteiger partial charge on any atom is -0.380 e. The molecule has 3 aliphatic heterocycles. The van der Waals surface area contributed by atoms with Crippen molar-refractivity contribution in [3.05, 3.63) is 148 Å². The van der Waals surface area contributed by atoms with E-state index in [4.69, 9.17) is 11.6 Å². The number of aromatic nitrogens is 1. The SMILES string of the molecule is CC1(C)CCC(c2ccc(Cl)cc2)=C(CN2CCN(c3ccc(C(=O)NS(=O)(=O)c4ccc(N[C@H](CCN5CCN(Cc6cc(F)nc(C7CCC(=O)NC7=O)c6)CC5)CSc5ccccc5)c(S(=O)(=O)C(F)(F)F)c4)cc3)CC2)C1. The van der Waals surface area contributed by atoms with Gasteiger partial charge in [0.25, 0.3) is 25.8 Å². The maximum atomic E-state index is 14.7. The van der Waals surface area contributed by atoms with Gasteiger partial charge in [0.05, 0.1) is 22.2 Å². The normalized spacial score (nSPS) is 19.3. The molecule has 2 atom stereocenters. The quantitative estimate of drug-likeness (QED) is 0.0308. The molecule has 1 aliphatic carbocycles. The molecule has 0 bridgehead atoms. The number of nitrogens with zero attached hydrogens (tertiary/aromatic N) is 5. The first-order valence-corrected chi connectivity index (χ1v) is 31.3. The van der Waals surface area contributed by atoms with Crippen molar-refractivity contribution >= 4 is 77.9 Å². The summed E-state index contributed by atoms with van der Waals surface area (Å²) >= 11 is 7.61. The second-order valence-corrected chi connectivity index (χ2v) is 27.0. The molecule has 9 rings (SSSR count). The van der Waals surface area contributed by atoms with Gasteiger partial charge in [0.2, 0.25) is 17.8 Å². The zero-order valence-electron chi connectivity index (χ0n) is 45.0. The molecule has 3 N–H and O–H groups in total. The number of sulfonamides is 1. The molecule has 3 fully saturated rings. The topological polar surface area (TPSA) is 181 Å². The number of thioether (sulfide) groups is 1. The van der Waals surface area contributed by atoms with E-state index in [1.54, 1.807) is 18.2 Å². The van der Waals surface area contributed by atoms with Gasteiger partial charge in [-0.15, -0.1) is 11.8 Å². The van der Waals surface area contributed by atoms with Gasteiger partial charge in [-0.25, -0.2) is 26.5 Å². The van der Waals surface area contributed by atoms with Crippen molar-refractivity contribution in [2.75, 3.05) is 81.4 Å². The number of halogens is 5. The van der Waals surface area contributed by atoms with Crippen molar-refractivity contribution in [3.63, 3.8) is 0 Å². The number of alkyl halides is 3. The third kappa shape index (κ3) is 15.2. The number of benzene rings is 4. The molecule has 4 aromatic carbocycles. The summed E-state index contributed by atoms with van der Waals surface area (Å²) in [5.74, 6) is -3.15. The summed E-state index contributed by atoms with van der Waals surface area (Å²) in [7, 11) is -11.1. The zero-order valence-corrected chi connectivity index (χ0v) is 48.2. The number of allylic oxidation sites excluding steroid dienone is 1. The Bertz CT molecular complexity index is 3360. The van der Waals surface area contributed by atoms with Gasteiger partial charge >= 0.3 is 5.51 Å². The van der Waals surface area contributed by atoms with Crippen molar-refractivity contribution in [3.8, 4) is 0 Å². The molecule has 15 nitrogen and oxygen atoms in total. The number of imide groups is 1. The summed E-state index contributed by atoms with van der Waals surface area (Å²) in [5, 5.41) is 5.99. The Hall–Kier alpha value is -5.88. The molecule has 0 radical (unpaired) electrons. The van der Waals surface area contributed by atoms with E-state index < -0.39 is 70.6 Å². The van der Waals surface area contributed by atoms with Crippen LogP contribution in [0.2, 0.25) is 5.02 Å². The van der Waals surface area contributed by atoms with Crippen LogP contribution in [0.15, 0.2) is 129 Å². The van der Waals surface area contributed by atoms with Crippen molar-refractivity contribution in [2.45, 2.75) is 91.1 Å². The van der Waals surface area contributed by atoms with Crippen LogP contribution in [0.1, 0.15) is 85.5 Å². The number of carbonyl (C=O) groups excluding carboxylic acids is 3. The van der Waals surface area contributed by atoms with Crippen LogP contribution < -0.4 is 20.3 Å². The number of amides is 3. The summed E-state index contributed by atoms with van der Waals surface area (Å²) < 4.78 is 114. The van der Waals surface area contributed by atoms with Crippen LogP contribution in [0.3, 0.4) is 0 Å². The molecule has 23 heteroatoms. The average molecular weight is 1190 g/mol. The Balaban J connectivity index is 0.836. The lowest BCUT2D eigenvalue weighted by molar-refractivity contribution is -0.134. The van der Waals surface area contributed by atoms with Gasteiger partial charge in [-0.05, 0) is 133 Å². The molecule has 432 valence electrons. The minimum atomic E-state index is -6.15. The highest BCUT2D eigenvalue weighted by Crippen LogP contribution is 2.43. The second kappa shape index (κ2) is 25.3. The Morgan fingerprint density at radius 3 is 2.17 bits per heavy atom. The average Bonchev–Trinajstić information content (AvgIpc) is 3.51. The molecule has 3 saturated heterocycles. The minimum absolute atomic E-state index is 0.0334. The number of rotatable bonds is 19. The van der Waals surface area contributed by atoms with Gasteiger partial charge in [0, 0.05) is 111 Å². The number of piperidine rings is 1. The molecule has 3 amide bonds. The number of carbonyl (C=O) groups is 3. The maximum absolute atomic E-state index is 14.7. The van der Waals surface area contributed by atoms with Gasteiger partial charge < -0.3 is 15.1 Å². The zero-order chi connectivity index (χ0) is 57.7. The number of pyridine rings is 1. The van der Waals surface area contributed by atoms with E-state index in [-0.39, 0.29) is 41.2 Å². The summed E-state index contributed by atoms with van der Waals surface area (Å²) in [6.45, 7) is 11.6. The largest absolute Gasteiger partial charge is 0.501 e. The Kier molecular flexibility index (Phi) is 18.7. The van der Waals surface area contributed by atoms with Crippen LogP contribution in [-0.2, 0) is 36.0 Å². The molecule has 81 heavy (non-hydrogen) atoms. The highest BCUT2D eigenvalue weighted by atomic mass is 35.5. The van der Waals surface area contributed by atoms with E-state index in [9.17, 15) is 48.8 Å². The molecule has 1 unspecified atom stereocenters. The number of piperazine rings is 2. The highest BCUT2D eigenvalue weighted by Gasteiger charge is 2.48. The molecular formula is C58H65ClF4N8O7S3. The van der Waals surface area contributed by atoms with Gasteiger partial charge in [-0.2, -0.15) is 17.6 Å². The third-order valence-corrected chi connectivity index (χ3v) is 19.7. The molecular weight excluding hydrogens is 1130 g/mol. The summed E-state index contributed by atoms with van der Waals surface area (Å²) in [6, 6.07) is 28.3. The number of sulfone groups is 1. The lowest BCUT2D eigenvalue weighted by atomic mass is 9.73. The lowest BCUT2D eigenvalue weighted by Crippen LogP contribution is -2.47. The smallest absolute Gasteiger partial charge is 0.380 e. The number of nitrogens with one attached hydrogen (secondary N) is 3. The second-order valence-electron chi connectivity index (χ2n) is 21.9. The van der Waals surface area contributed by atoms with Crippen molar-refractivity contribution in [1.82, 2.24) is 29.7 Å². The van der Waals surface area contributed by atoms with E-state index in [0.29, 0.717) is 75.4 Å². The molecule has 4 heterocycles. The first-order valence-electron chi connectivity index (χ1n) is 26.9. The van der Waals surface area contributed by atoms with Gasteiger partial charge in [-0.1, -0.05) is 61.4 Å². The van der Waals surface area contributed by atoms with Crippen LogP contribution in [0, 0.1) is 11.4 Å². The lowest BCUT2D eigenvalue weighted by Gasteiger charge is -2.39. The standard InChI is InChI=1S/C58H65ClF4N8O7S3/c1-57(2)22-20-48(40-8-12-43(59)13-9-40)42(35-57)37-70-28-30-71(31-29-70)45-14-10-41(11-15-45)55(73)67-81(77,78)47-16-18-50(52(34-47)80(75,76)58(61,62)63)64-44(38-79-46-6-4-3-5-7-46)21-23-68-24-26-69(27-25-68)36-39-32-51(65-53(60)33-39)49-17-19-54(72)66-56(49)74/h3-16,18,32-34,44,49,64H,17,19-31,35-38H2,1-2H3,(H,67,73)(H,66,72,74)/t44-,49?/m1/s1. The fourth-order valence-electron chi connectivity index (χ4n) is 10.9. The molecule has 0 spiro atoms. The van der Waals surface area contributed by atoms with Crippen LogP contribution in [0.4, 0.5) is 28.9 Å². The molecule has 4 aliphatic rings. The van der Waals surface area contributed by atoms with Crippen LogP contribution in [0.5, 0.6) is 0 Å². The van der Waals surface area contributed by atoms with E-state index >= 15 is 0 Å². The first kappa shape index (κ1) is 59.7. The Labute approximate surface area is 479 Å². The summed E-state index contributed by atoms with van der Waals surface area (Å²) in [4.78, 5) is 49.2. The van der Waals surface area contributed by atoms with E-state index in [2.05, 4.69) is 61.2 Å². The predicted octanol–water partition coefficient (Wildman–Crippen LogP) is 9.37. The fourth-order valence-corrected chi connectivity index (χ4v) is 14.1. The first-order chi connectivity index (χ1) is 38.5. The van der Waals surface area contributed by atoms with E-state index in [1.165, 1.54) is 46.7 Å². The van der Waals surface area contributed by atoms with Crippen LogP contribution in [-0.4, -0.2) is 137 Å². The number of hydrogen-bond donors (Lipinski definition) is 3. The van der Waals surface area contributed by atoms with Gasteiger partial charge in [0.1, 0.15) is 4.90 Å². The molecule has 1 aromatic heterocycles. The monoisotopic (exact) mass is 1190 g/mol. The highest BCUT2D eigenvalue weighted by molar-refractivity contribution is 7.99. The predicted molar refractivity (Wildman–Crippen MR) is 306 cm³/mol. The fraction of sp³-hybridized carbons (Fsp3) is 0.414. The van der Waals surface area contributed by atoms with Crippen molar-refractivity contribution in [2.24, 2.45) is 5.41 Å². The van der Waals surface area contributed by atoms with Gasteiger partial charge in [0.15, 0.2) is 0 Å². The van der Waals surface area contributed by atoms with E-state index in [1.807, 2.05) is 47.2 Å². The summed E-state index contributed by atoms with van der Waals surface area (Å²) in [5.41, 5.74) is -0.397. The van der Waals surface area contributed by atoms with Crippen LogP contribution in [0.25, 0.3) is 5.57 Å². The van der Waals surface area contributed by atoms with Crippen molar-refractivity contribution < 1.29 is 48.8 Å². The summed E-state index contributed by atoms with van der Waals surface area (Å²) in [6.07, 6.45) is 3.80. The number of anilines is 2. The molecule has 5 aromatic rings. The van der Waals surface area contributed by atoms with E-state index in [0.717, 1.165) is 61.6 Å². The Morgan fingerprint density at radius 1 is 0.827 bits per heavy atom. The van der Waals surface area contributed by atoms with Crippen molar-refractivity contribution in [1.29, 1.82) is 0 Å². The molecule has 0 saturated carbocycles. The third-order valence-electron chi connectivity index (χ3n) is 15.4. The Morgan fingerprint density at radius 2 is 1.49 bits per heavy atom. The number of hydrogen-bond acceptors (Lipinski definition) is 14. The van der Waals surface area contributed by atoms with Crippen LogP contribution >= 0.6 is 23.4 Å². The van der Waals surface area contributed by atoms with Gasteiger partial charge in [-0.3, -0.25) is 29.5 Å².